The molecule has 10 heteroatoms. The van der Waals surface area contributed by atoms with E-state index >= 15 is 0 Å². The number of nitrogens with one attached hydrogen (secondary N) is 2. The van der Waals surface area contributed by atoms with Gasteiger partial charge in [-0.05, 0) is 42.5 Å². The van der Waals surface area contributed by atoms with E-state index in [9.17, 15) is 18.3 Å². The summed E-state index contributed by atoms with van der Waals surface area (Å²) in [4.78, 5) is 11.4. The highest BCUT2D eigenvalue weighted by Crippen LogP contribution is 2.39. The molecule has 0 aromatic heterocycles. The molecule has 0 saturated heterocycles. The van der Waals surface area contributed by atoms with Crippen molar-refractivity contribution in [2.24, 2.45) is 0 Å². The molecule has 1 aliphatic heterocycles. The Hall–Kier alpha value is -2.26. The first kappa shape index (κ1) is 18.5. The minimum Gasteiger partial charge on any atom is -0.477 e. The third-order valence-electron chi connectivity index (χ3n) is 3.71. The number of carboxylic acids is 1. The number of sulfonamides is 1. The molecule has 1 atom stereocenters. The van der Waals surface area contributed by atoms with E-state index in [1.807, 2.05) is 0 Å². The molecule has 0 spiro atoms. The highest BCUT2D eigenvalue weighted by atomic mass is 35.5. The minimum absolute atomic E-state index is 0.0119. The van der Waals surface area contributed by atoms with Crippen molar-refractivity contribution in [2.45, 2.75) is 10.9 Å². The highest BCUT2D eigenvalue weighted by Gasteiger charge is 2.29. The lowest BCUT2D eigenvalue weighted by molar-refractivity contribution is -0.132. The van der Waals surface area contributed by atoms with Crippen LogP contribution >= 0.6 is 23.2 Å². The van der Waals surface area contributed by atoms with E-state index < -0.39 is 22.0 Å². The number of rotatable bonds is 4. The van der Waals surface area contributed by atoms with Gasteiger partial charge in [0, 0.05) is 27.0 Å². The molecule has 0 amide bonds. The lowest BCUT2D eigenvalue weighted by Crippen LogP contribution is -2.31. The normalized spacial score (nSPS) is 16.4. The predicted molar refractivity (Wildman–Crippen MR) is 99.7 cm³/mol. The summed E-state index contributed by atoms with van der Waals surface area (Å²) in [5.74, 6) is -1.25. The van der Waals surface area contributed by atoms with Crippen molar-refractivity contribution in [3.63, 3.8) is 0 Å². The van der Waals surface area contributed by atoms with Crippen molar-refractivity contribution in [1.82, 2.24) is 4.72 Å². The molecule has 1 aliphatic rings. The Morgan fingerprint density at radius 1 is 1.19 bits per heavy atom. The third-order valence-corrected chi connectivity index (χ3v) is 5.70. The zero-order valence-corrected chi connectivity index (χ0v) is 15.4. The number of carbonyl (C=O) groups is 1. The Morgan fingerprint density at radius 2 is 1.85 bits per heavy atom. The van der Waals surface area contributed by atoms with E-state index in [0.717, 1.165) is 0 Å². The number of fused-ring (bicyclic) bond motifs is 1. The van der Waals surface area contributed by atoms with Gasteiger partial charge in [0.05, 0.1) is 10.9 Å². The van der Waals surface area contributed by atoms with Gasteiger partial charge in [0.1, 0.15) is 5.70 Å². The number of halogens is 2. The van der Waals surface area contributed by atoms with Crippen molar-refractivity contribution in [2.75, 3.05) is 11.1 Å². The number of nitrogens with two attached hydrogens (primary N) is 1. The molecule has 2 aromatic carbocycles. The second-order valence-corrected chi connectivity index (χ2v) is 8.08. The smallest absolute Gasteiger partial charge is 0.352 e. The van der Waals surface area contributed by atoms with E-state index in [0.29, 0.717) is 16.9 Å². The van der Waals surface area contributed by atoms with Crippen LogP contribution in [0.1, 0.15) is 11.6 Å². The van der Waals surface area contributed by atoms with Gasteiger partial charge in [-0.15, -0.1) is 0 Å². The van der Waals surface area contributed by atoms with Crippen LogP contribution in [-0.4, -0.2) is 19.5 Å². The summed E-state index contributed by atoms with van der Waals surface area (Å²) >= 11 is 12.2. The molecular weight excluding hydrogens is 401 g/mol. The van der Waals surface area contributed by atoms with E-state index in [1.54, 1.807) is 0 Å². The van der Waals surface area contributed by atoms with Gasteiger partial charge in [-0.3, -0.25) is 0 Å². The molecule has 7 nitrogen and oxygen atoms in total. The average molecular weight is 414 g/mol. The van der Waals surface area contributed by atoms with E-state index in [-0.39, 0.29) is 20.6 Å². The number of carboxylic acid groups (broad SMARTS) is 1. The highest BCUT2D eigenvalue weighted by molar-refractivity contribution is 7.89. The van der Waals surface area contributed by atoms with Gasteiger partial charge in [0.15, 0.2) is 0 Å². The molecule has 136 valence electrons. The van der Waals surface area contributed by atoms with E-state index in [2.05, 4.69) is 10.0 Å². The maximum absolute atomic E-state index is 12.7. The van der Waals surface area contributed by atoms with Gasteiger partial charge in [-0.1, -0.05) is 23.2 Å². The minimum atomic E-state index is -3.96. The Labute approximate surface area is 159 Å². The van der Waals surface area contributed by atoms with Gasteiger partial charge in [-0.2, -0.15) is 4.72 Å². The molecule has 3 rings (SSSR count). The molecule has 1 heterocycles. The van der Waals surface area contributed by atoms with Gasteiger partial charge in [0.25, 0.3) is 0 Å². The Balaban J connectivity index is 2.06. The molecule has 2 aromatic rings. The molecule has 0 saturated carbocycles. The quantitative estimate of drug-likeness (QED) is 0.571. The average Bonchev–Trinajstić information content (AvgIpc) is 2.53. The van der Waals surface area contributed by atoms with Gasteiger partial charge in [-0.25, -0.2) is 13.2 Å². The summed E-state index contributed by atoms with van der Waals surface area (Å²) in [6.07, 6.45) is 1.24. The summed E-state index contributed by atoms with van der Waals surface area (Å²) < 4.78 is 27.8. The standard InChI is InChI=1S/C16H13Cl2N3O4S/c17-8-5-11(18)15-12(6-8)20-14(16(22)23)7-13(15)21-26(24,25)10-3-1-9(19)2-4-10/h1-7,13,20-21H,19H2,(H,22,23). The topological polar surface area (TPSA) is 122 Å². The molecule has 0 aliphatic carbocycles. The van der Waals surface area contributed by atoms with Crippen LogP contribution < -0.4 is 15.8 Å². The largest absolute Gasteiger partial charge is 0.477 e. The summed E-state index contributed by atoms with van der Waals surface area (Å²) in [7, 11) is -3.96. The fraction of sp³-hybridized carbons (Fsp3) is 0.0625. The monoisotopic (exact) mass is 413 g/mol. The van der Waals surface area contributed by atoms with Crippen molar-refractivity contribution in [3.05, 3.63) is 63.8 Å². The number of nitrogen functional groups attached to an aromatic ring is 1. The number of anilines is 2. The Morgan fingerprint density at radius 3 is 2.46 bits per heavy atom. The van der Waals surface area contributed by atoms with Crippen LogP contribution in [0.25, 0.3) is 0 Å². The van der Waals surface area contributed by atoms with Gasteiger partial charge >= 0.3 is 5.97 Å². The number of benzene rings is 2. The molecular formula is C16H13Cl2N3O4S. The summed E-state index contributed by atoms with van der Waals surface area (Å²) in [6, 6.07) is 7.55. The molecule has 1 unspecified atom stereocenters. The van der Waals surface area contributed by atoms with E-state index in [4.69, 9.17) is 28.9 Å². The van der Waals surface area contributed by atoms with Crippen LogP contribution in [-0.2, 0) is 14.8 Å². The van der Waals surface area contributed by atoms with Gasteiger partial charge < -0.3 is 16.2 Å². The summed E-state index contributed by atoms with van der Waals surface area (Å²) in [5.41, 5.74) is 6.49. The fourth-order valence-corrected chi connectivity index (χ4v) is 4.30. The fourth-order valence-electron chi connectivity index (χ4n) is 2.54. The summed E-state index contributed by atoms with van der Waals surface area (Å²) in [5, 5.41) is 12.4. The number of hydrogen-bond donors (Lipinski definition) is 4. The number of hydrogen-bond acceptors (Lipinski definition) is 5. The predicted octanol–water partition coefficient (Wildman–Crippen LogP) is 2.99. The first-order chi connectivity index (χ1) is 12.2. The van der Waals surface area contributed by atoms with Crippen LogP contribution in [0.2, 0.25) is 10.0 Å². The molecule has 0 fully saturated rings. The van der Waals surface area contributed by atoms with E-state index in [1.165, 1.54) is 42.5 Å². The molecule has 5 N–H and O–H groups in total. The van der Waals surface area contributed by atoms with Crippen molar-refractivity contribution in [1.29, 1.82) is 0 Å². The molecule has 26 heavy (non-hydrogen) atoms. The maximum atomic E-state index is 12.7. The Kier molecular flexibility index (Phi) is 4.85. The first-order valence-corrected chi connectivity index (χ1v) is 9.50. The molecule has 0 bridgehead atoms. The van der Waals surface area contributed by atoms with Crippen LogP contribution in [0.5, 0.6) is 0 Å². The van der Waals surface area contributed by atoms with Crippen LogP contribution in [0, 0.1) is 0 Å². The van der Waals surface area contributed by atoms with Crippen LogP contribution in [0.4, 0.5) is 11.4 Å². The zero-order chi connectivity index (χ0) is 19.1. The van der Waals surface area contributed by atoms with Crippen LogP contribution in [0.15, 0.2) is 53.1 Å². The Bertz CT molecular complexity index is 1020. The van der Waals surface area contributed by atoms with Crippen molar-refractivity contribution in [3.8, 4) is 0 Å². The lowest BCUT2D eigenvalue weighted by atomic mass is 10.0. The SMILES string of the molecule is Nc1ccc(S(=O)(=O)NC2C=C(C(=O)O)Nc3cc(Cl)cc(Cl)c32)cc1. The van der Waals surface area contributed by atoms with Gasteiger partial charge in [0.2, 0.25) is 10.0 Å². The second-order valence-electron chi connectivity index (χ2n) is 5.53. The first-order valence-electron chi connectivity index (χ1n) is 7.26. The van der Waals surface area contributed by atoms with Crippen molar-refractivity contribution < 1.29 is 18.3 Å². The second kappa shape index (κ2) is 6.81. The lowest BCUT2D eigenvalue weighted by Gasteiger charge is -2.26. The summed E-state index contributed by atoms with van der Waals surface area (Å²) in [6.45, 7) is 0. The third kappa shape index (κ3) is 3.63. The van der Waals surface area contributed by atoms with Crippen LogP contribution in [0.3, 0.4) is 0 Å². The molecule has 0 radical (unpaired) electrons. The maximum Gasteiger partial charge on any atom is 0.352 e. The van der Waals surface area contributed by atoms with Crippen molar-refractivity contribution >= 4 is 50.6 Å². The zero-order valence-electron chi connectivity index (χ0n) is 13.0. The number of aliphatic carboxylic acids is 1.